The molecule has 120 valence electrons. The average Bonchev–Trinajstić information content (AvgIpc) is 2.47. The van der Waals surface area contributed by atoms with E-state index < -0.39 is 0 Å². The lowest BCUT2D eigenvalue weighted by Gasteiger charge is -2.23. The summed E-state index contributed by atoms with van der Waals surface area (Å²) in [7, 11) is 2.15. The van der Waals surface area contributed by atoms with E-state index in [0.717, 1.165) is 32.0 Å². The molecule has 0 spiro atoms. The van der Waals surface area contributed by atoms with Crippen LogP contribution in [-0.4, -0.2) is 37.7 Å². The third-order valence-corrected chi connectivity index (χ3v) is 3.86. The zero-order chi connectivity index (χ0) is 15.7. The van der Waals surface area contributed by atoms with Crippen molar-refractivity contribution in [2.45, 2.75) is 46.7 Å². The van der Waals surface area contributed by atoms with E-state index in [1.54, 1.807) is 0 Å². The molecule has 3 heteroatoms. The number of nitrogens with one attached hydrogen (secondary N) is 1. The molecule has 1 aromatic rings. The van der Waals surface area contributed by atoms with Crippen LogP contribution in [0.3, 0.4) is 0 Å². The second-order valence-electron chi connectivity index (χ2n) is 6.26. The Labute approximate surface area is 130 Å². The fraction of sp³-hybridized carbons (Fsp3) is 0.667. The summed E-state index contributed by atoms with van der Waals surface area (Å²) in [6, 6.07) is 9.02. The molecule has 1 N–H and O–H groups in total. The van der Waals surface area contributed by atoms with Gasteiger partial charge in [0.15, 0.2) is 0 Å². The first kappa shape index (κ1) is 18.0. The quantitative estimate of drug-likeness (QED) is 0.714. The van der Waals surface area contributed by atoms with Gasteiger partial charge in [-0.25, -0.2) is 0 Å². The SMILES string of the molecule is CCC(C)N(C)CCOc1ccc(CNCC(C)C)cc1. The fourth-order valence-corrected chi connectivity index (χ4v) is 2.05. The van der Waals surface area contributed by atoms with Gasteiger partial charge in [-0.05, 0) is 50.6 Å². The molecule has 1 aromatic carbocycles. The minimum Gasteiger partial charge on any atom is -0.492 e. The Bertz CT molecular complexity index is 375. The van der Waals surface area contributed by atoms with Crippen LogP contribution in [0.4, 0.5) is 0 Å². The van der Waals surface area contributed by atoms with Crippen LogP contribution in [0.5, 0.6) is 5.75 Å². The lowest BCUT2D eigenvalue weighted by Crippen LogP contribution is -2.32. The molecule has 1 rings (SSSR count). The summed E-state index contributed by atoms with van der Waals surface area (Å²) in [5, 5.41) is 3.45. The highest BCUT2D eigenvalue weighted by Gasteiger charge is 2.06. The highest BCUT2D eigenvalue weighted by Crippen LogP contribution is 2.12. The number of hydrogen-bond acceptors (Lipinski definition) is 3. The molecular formula is C18H32N2O. The Kier molecular flexibility index (Phi) is 8.40. The van der Waals surface area contributed by atoms with Gasteiger partial charge in [0.2, 0.25) is 0 Å². The lowest BCUT2D eigenvalue weighted by molar-refractivity contribution is 0.196. The second kappa shape index (κ2) is 9.80. The molecule has 0 amide bonds. The zero-order valence-electron chi connectivity index (χ0n) is 14.4. The zero-order valence-corrected chi connectivity index (χ0v) is 14.4. The van der Waals surface area contributed by atoms with Gasteiger partial charge in [0, 0.05) is 19.1 Å². The number of hydrogen-bond donors (Lipinski definition) is 1. The maximum atomic E-state index is 5.81. The first-order valence-corrected chi connectivity index (χ1v) is 8.15. The smallest absolute Gasteiger partial charge is 0.119 e. The Morgan fingerprint density at radius 1 is 1.14 bits per heavy atom. The van der Waals surface area contributed by atoms with Crippen LogP contribution >= 0.6 is 0 Å². The highest BCUT2D eigenvalue weighted by molar-refractivity contribution is 5.27. The van der Waals surface area contributed by atoms with Crippen molar-refractivity contribution in [2.75, 3.05) is 26.7 Å². The van der Waals surface area contributed by atoms with Gasteiger partial charge in [0.05, 0.1) is 0 Å². The molecule has 0 aliphatic heterocycles. The van der Waals surface area contributed by atoms with Gasteiger partial charge in [-0.3, -0.25) is 0 Å². The summed E-state index contributed by atoms with van der Waals surface area (Å²) in [5.41, 5.74) is 1.31. The van der Waals surface area contributed by atoms with Crippen molar-refractivity contribution in [3.8, 4) is 5.75 Å². The predicted molar refractivity (Wildman–Crippen MR) is 90.9 cm³/mol. The fourth-order valence-electron chi connectivity index (χ4n) is 2.05. The summed E-state index contributed by atoms with van der Waals surface area (Å²) in [5.74, 6) is 1.65. The predicted octanol–water partition coefficient (Wildman–Crippen LogP) is 3.54. The van der Waals surface area contributed by atoms with Crippen LogP contribution < -0.4 is 10.1 Å². The van der Waals surface area contributed by atoms with Crippen LogP contribution in [0.15, 0.2) is 24.3 Å². The van der Waals surface area contributed by atoms with E-state index in [1.807, 2.05) is 0 Å². The molecule has 0 fully saturated rings. The molecule has 0 bridgehead atoms. The Morgan fingerprint density at radius 3 is 2.38 bits per heavy atom. The van der Waals surface area contributed by atoms with Crippen molar-refractivity contribution in [1.82, 2.24) is 10.2 Å². The maximum absolute atomic E-state index is 5.81. The Balaban J connectivity index is 2.28. The summed E-state index contributed by atoms with van der Waals surface area (Å²) < 4.78 is 5.81. The molecule has 0 heterocycles. The van der Waals surface area contributed by atoms with Crippen LogP contribution in [0, 0.1) is 5.92 Å². The third kappa shape index (κ3) is 7.49. The van der Waals surface area contributed by atoms with E-state index in [2.05, 4.69) is 69.2 Å². The molecule has 0 radical (unpaired) electrons. The van der Waals surface area contributed by atoms with Crippen molar-refractivity contribution in [3.05, 3.63) is 29.8 Å². The largest absolute Gasteiger partial charge is 0.492 e. The van der Waals surface area contributed by atoms with Crippen LogP contribution in [-0.2, 0) is 6.54 Å². The summed E-state index contributed by atoms with van der Waals surface area (Å²) >= 11 is 0. The minimum absolute atomic E-state index is 0.614. The molecule has 21 heavy (non-hydrogen) atoms. The second-order valence-corrected chi connectivity index (χ2v) is 6.26. The van der Waals surface area contributed by atoms with E-state index in [9.17, 15) is 0 Å². The van der Waals surface area contributed by atoms with Crippen molar-refractivity contribution in [3.63, 3.8) is 0 Å². The topological polar surface area (TPSA) is 24.5 Å². The molecule has 0 aliphatic rings. The van der Waals surface area contributed by atoms with Crippen molar-refractivity contribution >= 4 is 0 Å². The lowest BCUT2D eigenvalue weighted by atomic mass is 10.2. The van der Waals surface area contributed by atoms with Crippen LogP contribution in [0.25, 0.3) is 0 Å². The van der Waals surface area contributed by atoms with Gasteiger partial charge in [-0.1, -0.05) is 32.9 Å². The number of benzene rings is 1. The molecule has 3 nitrogen and oxygen atoms in total. The molecular weight excluding hydrogens is 260 g/mol. The number of likely N-dealkylation sites (N-methyl/N-ethyl adjacent to an activating group) is 1. The van der Waals surface area contributed by atoms with Crippen molar-refractivity contribution in [2.24, 2.45) is 5.92 Å². The average molecular weight is 292 g/mol. The van der Waals surface area contributed by atoms with Gasteiger partial charge in [0.25, 0.3) is 0 Å². The van der Waals surface area contributed by atoms with Crippen molar-refractivity contribution in [1.29, 1.82) is 0 Å². The normalized spacial score (nSPS) is 12.9. The van der Waals surface area contributed by atoms with Gasteiger partial charge in [0.1, 0.15) is 12.4 Å². The van der Waals surface area contributed by atoms with E-state index in [-0.39, 0.29) is 0 Å². The van der Waals surface area contributed by atoms with Gasteiger partial charge in [-0.2, -0.15) is 0 Å². The molecule has 0 saturated carbocycles. The van der Waals surface area contributed by atoms with E-state index in [4.69, 9.17) is 4.74 Å². The number of nitrogens with zero attached hydrogens (tertiary/aromatic N) is 1. The molecule has 1 atom stereocenters. The van der Waals surface area contributed by atoms with Crippen molar-refractivity contribution < 1.29 is 4.74 Å². The standard InChI is InChI=1S/C18H32N2O/c1-6-16(4)20(5)11-12-21-18-9-7-17(8-10-18)14-19-13-15(2)3/h7-10,15-16,19H,6,11-14H2,1-5H3. The molecule has 1 unspecified atom stereocenters. The molecule has 0 aliphatic carbocycles. The highest BCUT2D eigenvalue weighted by atomic mass is 16.5. The minimum atomic E-state index is 0.614. The summed E-state index contributed by atoms with van der Waals surface area (Å²) in [6.45, 7) is 12.6. The maximum Gasteiger partial charge on any atom is 0.119 e. The van der Waals surface area contributed by atoms with E-state index in [1.165, 1.54) is 12.0 Å². The Hall–Kier alpha value is -1.06. The number of rotatable bonds is 10. The van der Waals surface area contributed by atoms with E-state index >= 15 is 0 Å². The Morgan fingerprint density at radius 2 is 1.81 bits per heavy atom. The van der Waals surface area contributed by atoms with Gasteiger partial charge >= 0.3 is 0 Å². The van der Waals surface area contributed by atoms with Gasteiger partial charge in [-0.15, -0.1) is 0 Å². The first-order valence-electron chi connectivity index (χ1n) is 8.15. The summed E-state index contributed by atoms with van der Waals surface area (Å²) in [4.78, 5) is 2.34. The first-order chi connectivity index (χ1) is 10.0. The summed E-state index contributed by atoms with van der Waals surface area (Å²) in [6.07, 6.45) is 1.18. The molecule has 0 aromatic heterocycles. The van der Waals surface area contributed by atoms with Crippen LogP contribution in [0.2, 0.25) is 0 Å². The van der Waals surface area contributed by atoms with E-state index in [0.29, 0.717) is 12.0 Å². The van der Waals surface area contributed by atoms with Gasteiger partial charge < -0.3 is 15.0 Å². The third-order valence-electron chi connectivity index (χ3n) is 3.86. The number of ether oxygens (including phenoxy) is 1. The van der Waals surface area contributed by atoms with Crippen LogP contribution in [0.1, 0.15) is 39.7 Å². The monoisotopic (exact) mass is 292 g/mol. The molecule has 0 saturated heterocycles.